The fourth-order valence-electron chi connectivity index (χ4n) is 9.58. The topological polar surface area (TPSA) is 214 Å². The Balaban J connectivity index is 1.67. The summed E-state index contributed by atoms with van der Waals surface area (Å²) in [5.41, 5.74) is 0. The Bertz CT molecular complexity index is 1440. The van der Waals surface area contributed by atoms with Gasteiger partial charge in [0, 0.05) is 13.0 Å². The summed E-state index contributed by atoms with van der Waals surface area (Å²) in [4.78, 5) is 13.1. The molecule has 0 amide bonds. The Hall–Kier alpha value is -2.05. The first-order chi connectivity index (χ1) is 37.1. The third-order valence-electron chi connectivity index (χ3n) is 14.6. The van der Waals surface area contributed by atoms with Gasteiger partial charge in [0.1, 0.15) is 54.9 Å². The van der Waals surface area contributed by atoms with E-state index in [1.807, 2.05) is 0 Å². The van der Waals surface area contributed by atoms with Crippen molar-refractivity contribution < 1.29 is 69.0 Å². The van der Waals surface area contributed by atoms with Crippen LogP contribution < -0.4 is 0 Å². The Morgan fingerprint density at radius 3 is 1.28 bits per heavy atom. The molecule has 2 rings (SSSR count). The first-order valence-corrected chi connectivity index (χ1v) is 30.7. The number of ether oxygens (including phenoxy) is 6. The zero-order valence-corrected chi connectivity index (χ0v) is 47.7. The van der Waals surface area contributed by atoms with Crippen molar-refractivity contribution in [2.45, 2.75) is 306 Å². The SMILES string of the molecule is CCCCCC/C=C\C/C=C\CCCCCCCC(=O)OC(COCCCCCCCCCCCCCCCC/C=C\C/C=C\CCCCCCC)COC1OC(COC2OC(CO)C(O)C(O)C2O)C(O)C(O)C1O. The van der Waals surface area contributed by atoms with Gasteiger partial charge in [-0.2, -0.15) is 0 Å². The first-order valence-electron chi connectivity index (χ1n) is 30.7. The summed E-state index contributed by atoms with van der Waals surface area (Å²) in [7, 11) is 0. The average molecular weight is 1080 g/mol. The van der Waals surface area contributed by atoms with Gasteiger partial charge in [0.25, 0.3) is 0 Å². The van der Waals surface area contributed by atoms with Gasteiger partial charge in [-0.25, -0.2) is 0 Å². The van der Waals surface area contributed by atoms with Crippen LogP contribution in [-0.2, 0) is 33.2 Å². The maximum atomic E-state index is 13.1. The molecule has 0 aromatic rings. The van der Waals surface area contributed by atoms with Crippen LogP contribution in [0.25, 0.3) is 0 Å². The van der Waals surface area contributed by atoms with E-state index in [2.05, 4.69) is 62.5 Å². The molecule has 2 fully saturated rings. The Morgan fingerprint density at radius 1 is 0.434 bits per heavy atom. The lowest BCUT2D eigenvalue weighted by Crippen LogP contribution is -2.61. The van der Waals surface area contributed by atoms with E-state index in [0.29, 0.717) is 13.0 Å². The molecule has 0 spiro atoms. The van der Waals surface area contributed by atoms with E-state index in [9.17, 15) is 40.5 Å². The Morgan fingerprint density at radius 2 is 0.816 bits per heavy atom. The number of carbonyl (C=O) groups excluding carboxylic acids is 1. The van der Waals surface area contributed by atoms with Gasteiger partial charge in [0.2, 0.25) is 0 Å². The maximum Gasteiger partial charge on any atom is 0.306 e. The van der Waals surface area contributed by atoms with Crippen LogP contribution in [-0.4, -0.2) is 142 Å². The zero-order valence-electron chi connectivity index (χ0n) is 47.7. The monoisotopic (exact) mass is 1080 g/mol. The molecule has 2 aliphatic rings. The minimum absolute atomic E-state index is 0.0560. The van der Waals surface area contributed by atoms with Crippen molar-refractivity contribution >= 4 is 5.97 Å². The third kappa shape index (κ3) is 34.8. The number of allylic oxidation sites excluding steroid dienone is 8. The molecule has 0 radical (unpaired) electrons. The zero-order chi connectivity index (χ0) is 55.1. The van der Waals surface area contributed by atoms with Crippen molar-refractivity contribution in [1.29, 1.82) is 0 Å². The molecule has 0 aromatic carbocycles. The molecular formula is C62H112O14. The summed E-state index contributed by atoms with van der Waals surface area (Å²) in [6, 6.07) is 0. The highest BCUT2D eigenvalue weighted by Crippen LogP contribution is 2.27. The van der Waals surface area contributed by atoms with Crippen molar-refractivity contribution in [1.82, 2.24) is 0 Å². The highest BCUT2D eigenvalue weighted by atomic mass is 16.7. The summed E-state index contributed by atoms with van der Waals surface area (Å²) in [6.45, 7) is 3.67. The molecule has 0 aromatic heterocycles. The van der Waals surface area contributed by atoms with Crippen molar-refractivity contribution in [2.75, 3.05) is 33.0 Å². The molecule has 7 N–H and O–H groups in total. The number of carbonyl (C=O) groups is 1. The molecule has 76 heavy (non-hydrogen) atoms. The average Bonchev–Trinajstić information content (AvgIpc) is 3.42. The summed E-state index contributed by atoms with van der Waals surface area (Å²) in [5, 5.41) is 72.4. The van der Waals surface area contributed by atoms with Crippen molar-refractivity contribution in [2.24, 2.45) is 0 Å². The van der Waals surface area contributed by atoms with E-state index in [4.69, 9.17) is 28.4 Å². The molecule has 0 aliphatic carbocycles. The molecule has 444 valence electrons. The lowest BCUT2D eigenvalue weighted by atomic mass is 9.98. The molecule has 14 heteroatoms. The predicted molar refractivity (Wildman–Crippen MR) is 303 cm³/mol. The fraction of sp³-hybridized carbons (Fsp3) is 0.855. The summed E-state index contributed by atoms with van der Waals surface area (Å²) >= 11 is 0. The number of esters is 1. The highest BCUT2D eigenvalue weighted by Gasteiger charge is 2.47. The molecular weight excluding hydrogens is 969 g/mol. The van der Waals surface area contributed by atoms with Crippen LogP contribution in [0.1, 0.15) is 239 Å². The summed E-state index contributed by atoms with van der Waals surface area (Å²) in [6.07, 6.45) is 43.2. The predicted octanol–water partition coefficient (Wildman–Crippen LogP) is 11.5. The minimum Gasteiger partial charge on any atom is -0.457 e. The Labute approximate surface area is 461 Å². The van der Waals surface area contributed by atoms with E-state index in [1.165, 1.54) is 141 Å². The largest absolute Gasteiger partial charge is 0.457 e. The van der Waals surface area contributed by atoms with Crippen LogP contribution in [0.15, 0.2) is 48.6 Å². The fourth-order valence-corrected chi connectivity index (χ4v) is 9.58. The van der Waals surface area contributed by atoms with E-state index < -0.39 is 80.7 Å². The lowest BCUT2D eigenvalue weighted by molar-refractivity contribution is -0.332. The van der Waals surface area contributed by atoms with Crippen molar-refractivity contribution in [3.05, 3.63) is 48.6 Å². The highest BCUT2D eigenvalue weighted by molar-refractivity contribution is 5.69. The van der Waals surface area contributed by atoms with Gasteiger partial charge in [-0.05, 0) is 77.0 Å². The summed E-state index contributed by atoms with van der Waals surface area (Å²) < 4.78 is 34.4. The normalized spacial score (nSPS) is 24.8. The van der Waals surface area contributed by atoms with Gasteiger partial charge in [-0.1, -0.05) is 204 Å². The number of aliphatic hydroxyl groups is 7. The quantitative estimate of drug-likeness (QED) is 0.0172. The molecule has 2 heterocycles. The number of aliphatic hydroxyl groups excluding tert-OH is 7. The standard InChI is InChI=1S/C62H112O14/c1-3-5-7-9-11-13-15-17-19-21-22-23-24-25-26-27-28-29-30-32-34-36-38-40-42-44-46-71-48-51(74-54(64)45-43-41-39-37-35-33-31-20-18-16-14-12-10-8-6-4-2)49-72-61-60(70)58(68)56(66)53(76-61)50-73-62-59(69)57(67)55(65)52(47-63)75-62/h14-17,20-22,31,51-53,55-63,65-70H,3-13,18-19,23-30,32-50H2,1-2H3/b16-14-,17-15-,22-21-,31-20-. The minimum atomic E-state index is -1.71. The van der Waals surface area contributed by atoms with Crippen LogP contribution in [0.5, 0.6) is 0 Å². The second-order valence-electron chi connectivity index (χ2n) is 21.5. The van der Waals surface area contributed by atoms with Gasteiger partial charge >= 0.3 is 5.97 Å². The van der Waals surface area contributed by atoms with E-state index in [-0.39, 0.29) is 25.6 Å². The van der Waals surface area contributed by atoms with E-state index >= 15 is 0 Å². The number of hydrogen-bond donors (Lipinski definition) is 7. The maximum absolute atomic E-state index is 13.1. The van der Waals surface area contributed by atoms with E-state index in [1.54, 1.807) is 0 Å². The molecule has 2 aliphatic heterocycles. The van der Waals surface area contributed by atoms with Crippen LogP contribution in [0.4, 0.5) is 0 Å². The second-order valence-corrected chi connectivity index (χ2v) is 21.5. The second kappa shape index (κ2) is 48.8. The van der Waals surface area contributed by atoms with Gasteiger partial charge in [-0.3, -0.25) is 4.79 Å². The third-order valence-corrected chi connectivity index (χ3v) is 14.6. The molecule has 11 atom stereocenters. The number of hydrogen-bond acceptors (Lipinski definition) is 14. The van der Waals surface area contributed by atoms with Crippen LogP contribution in [0, 0.1) is 0 Å². The Kier molecular flexibility index (Phi) is 45.0. The summed E-state index contributed by atoms with van der Waals surface area (Å²) in [5.74, 6) is -0.388. The van der Waals surface area contributed by atoms with Gasteiger partial charge in [0.05, 0.1) is 26.4 Å². The van der Waals surface area contributed by atoms with Gasteiger partial charge < -0.3 is 64.2 Å². The van der Waals surface area contributed by atoms with Crippen molar-refractivity contribution in [3.8, 4) is 0 Å². The lowest BCUT2D eigenvalue weighted by Gasteiger charge is -2.42. The van der Waals surface area contributed by atoms with E-state index in [0.717, 1.165) is 70.6 Å². The number of unbranched alkanes of at least 4 members (excludes halogenated alkanes) is 28. The smallest absolute Gasteiger partial charge is 0.306 e. The number of rotatable bonds is 50. The van der Waals surface area contributed by atoms with Crippen LogP contribution in [0.2, 0.25) is 0 Å². The van der Waals surface area contributed by atoms with Gasteiger partial charge in [0.15, 0.2) is 12.6 Å². The molecule has 2 saturated heterocycles. The van der Waals surface area contributed by atoms with Crippen LogP contribution >= 0.6 is 0 Å². The van der Waals surface area contributed by atoms with Crippen LogP contribution in [0.3, 0.4) is 0 Å². The molecule has 14 nitrogen and oxygen atoms in total. The van der Waals surface area contributed by atoms with Crippen molar-refractivity contribution in [3.63, 3.8) is 0 Å². The molecule has 11 unspecified atom stereocenters. The van der Waals surface area contributed by atoms with Gasteiger partial charge in [-0.15, -0.1) is 0 Å². The molecule has 0 bridgehead atoms. The first kappa shape index (κ1) is 70.1. The molecule has 0 saturated carbocycles.